The number of carboxylic acids is 1. The summed E-state index contributed by atoms with van der Waals surface area (Å²) in [4.78, 5) is 12.6. The number of rotatable bonds is 5. The van der Waals surface area contributed by atoms with Crippen molar-refractivity contribution in [2.45, 2.75) is 38.9 Å². The van der Waals surface area contributed by atoms with Crippen molar-refractivity contribution < 1.29 is 23.1 Å². The van der Waals surface area contributed by atoms with E-state index >= 15 is 0 Å². The van der Waals surface area contributed by atoms with Gasteiger partial charge in [-0.15, -0.1) is 0 Å². The monoisotopic (exact) mass is 289 g/mol. The second-order valence-electron chi connectivity index (χ2n) is 4.61. The Hall–Kier alpha value is -1.72. The lowest BCUT2D eigenvalue weighted by atomic mass is 10.0. The summed E-state index contributed by atoms with van der Waals surface area (Å²) >= 11 is 0. The van der Waals surface area contributed by atoms with Crippen molar-refractivity contribution in [2.75, 3.05) is 11.9 Å². The van der Waals surface area contributed by atoms with Crippen LogP contribution in [0.3, 0.4) is 0 Å². The van der Waals surface area contributed by atoms with Crippen LogP contribution in [-0.4, -0.2) is 24.2 Å². The molecule has 3 nitrogen and oxygen atoms in total. The molecule has 0 aliphatic rings. The molecule has 0 saturated carbocycles. The minimum atomic E-state index is -4.68. The highest BCUT2D eigenvalue weighted by molar-refractivity contribution is 5.90. The van der Waals surface area contributed by atoms with Gasteiger partial charge in [-0.2, -0.15) is 13.2 Å². The maximum absolute atomic E-state index is 12.9. The summed E-state index contributed by atoms with van der Waals surface area (Å²) < 4.78 is 38.8. The molecule has 0 amide bonds. The number of halogens is 3. The van der Waals surface area contributed by atoms with Gasteiger partial charge in [0.05, 0.1) is 11.1 Å². The number of hydrogen-bond acceptors (Lipinski definition) is 2. The molecule has 1 rings (SSSR count). The van der Waals surface area contributed by atoms with Gasteiger partial charge in [0.25, 0.3) is 0 Å². The van der Waals surface area contributed by atoms with E-state index in [1.54, 1.807) is 11.9 Å². The van der Waals surface area contributed by atoms with Crippen molar-refractivity contribution in [3.05, 3.63) is 29.3 Å². The lowest BCUT2D eigenvalue weighted by Crippen LogP contribution is -2.30. The van der Waals surface area contributed by atoms with Gasteiger partial charge in [-0.1, -0.05) is 13.8 Å². The molecule has 0 aliphatic heterocycles. The summed E-state index contributed by atoms with van der Waals surface area (Å²) in [7, 11) is 1.72. The van der Waals surface area contributed by atoms with Crippen LogP contribution in [0.1, 0.15) is 42.6 Å². The molecule has 0 aromatic heterocycles. The molecule has 0 bridgehead atoms. The number of carbonyl (C=O) groups is 1. The Morgan fingerprint density at radius 3 is 2.25 bits per heavy atom. The van der Waals surface area contributed by atoms with Gasteiger partial charge in [0.1, 0.15) is 0 Å². The molecule has 1 aromatic carbocycles. The van der Waals surface area contributed by atoms with Crippen LogP contribution in [0.2, 0.25) is 0 Å². The first-order valence-electron chi connectivity index (χ1n) is 6.39. The molecule has 0 aliphatic carbocycles. The minimum absolute atomic E-state index is 0.117. The molecule has 20 heavy (non-hydrogen) atoms. The smallest absolute Gasteiger partial charge is 0.417 e. The van der Waals surface area contributed by atoms with Crippen LogP contribution in [0.15, 0.2) is 18.2 Å². The molecule has 6 heteroatoms. The number of aromatic carboxylic acids is 1. The second-order valence-corrected chi connectivity index (χ2v) is 4.61. The molecule has 0 radical (unpaired) electrons. The molecule has 1 N–H and O–H groups in total. The molecule has 0 heterocycles. The number of carboxylic acid groups (broad SMARTS) is 1. The zero-order valence-electron chi connectivity index (χ0n) is 11.7. The number of benzene rings is 1. The quantitative estimate of drug-likeness (QED) is 0.889. The first-order valence-corrected chi connectivity index (χ1v) is 6.39. The largest absolute Gasteiger partial charge is 0.478 e. The molecule has 0 unspecified atom stereocenters. The van der Waals surface area contributed by atoms with Crippen molar-refractivity contribution in [3.8, 4) is 0 Å². The number of alkyl halides is 3. The van der Waals surface area contributed by atoms with Crippen molar-refractivity contribution in [3.63, 3.8) is 0 Å². The van der Waals surface area contributed by atoms with Gasteiger partial charge >= 0.3 is 12.1 Å². The Bertz CT molecular complexity index is 482. The van der Waals surface area contributed by atoms with E-state index in [-0.39, 0.29) is 6.04 Å². The van der Waals surface area contributed by atoms with Crippen LogP contribution in [-0.2, 0) is 6.18 Å². The van der Waals surface area contributed by atoms with Crippen LogP contribution >= 0.6 is 0 Å². The van der Waals surface area contributed by atoms with Crippen LogP contribution in [0, 0.1) is 0 Å². The van der Waals surface area contributed by atoms with E-state index in [4.69, 9.17) is 5.11 Å². The van der Waals surface area contributed by atoms with Gasteiger partial charge in [0.2, 0.25) is 0 Å². The van der Waals surface area contributed by atoms with E-state index in [0.29, 0.717) is 5.69 Å². The van der Waals surface area contributed by atoms with Crippen molar-refractivity contribution in [2.24, 2.45) is 0 Å². The van der Waals surface area contributed by atoms with Crippen LogP contribution in [0.5, 0.6) is 0 Å². The molecule has 112 valence electrons. The van der Waals surface area contributed by atoms with Crippen LogP contribution in [0.25, 0.3) is 0 Å². The summed E-state index contributed by atoms with van der Waals surface area (Å²) in [6, 6.07) is 3.45. The predicted octanol–water partition coefficient (Wildman–Crippen LogP) is 4.03. The van der Waals surface area contributed by atoms with E-state index in [2.05, 4.69) is 0 Å². The Morgan fingerprint density at radius 2 is 1.85 bits per heavy atom. The summed E-state index contributed by atoms with van der Waals surface area (Å²) in [5, 5.41) is 8.85. The summed E-state index contributed by atoms with van der Waals surface area (Å²) in [6.45, 7) is 3.92. The highest BCUT2D eigenvalue weighted by atomic mass is 19.4. The third-order valence-electron chi connectivity index (χ3n) is 3.44. The first-order chi connectivity index (χ1) is 9.22. The van der Waals surface area contributed by atoms with Crippen molar-refractivity contribution in [1.29, 1.82) is 0 Å². The Kier molecular flexibility index (Phi) is 5.03. The minimum Gasteiger partial charge on any atom is -0.478 e. The lowest BCUT2D eigenvalue weighted by molar-refractivity contribution is -0.138. The van der Waals surface area contributed by atoms with Gasteiger partial charge in [-0.3, -0.25) is 0 Å². The molecular weight excluding hydrogens is 271 g/mol. The fraction of sp³-hybridized carbons (Fsp3) is 0.500. The summed E-state index contributed by atoms with van der Waals surface area (Å²) in [5.74, 6) is -1.57. The second kappa shape index (κ2) is 6.15. The zero-order chi connectivity index (χ0) is 15.5. The van der Waals surface area contributed by atoms with E-state index in [1.807, 2.05) is 13.8 Å². The maximum Gasteiger partial charge on any atom is 0.417 e. The molecule has 0 spiro atoms. The highest BCUT2D eigenvalue weighted by Crippen LogP contribution is 2.35. The Balaban J connectivity index is 3.29. The van der Waals surface area contributed by atoms with Crippen molar-refractivity contribution in [1.82, 2.24) is 0 Å². The van der Waals surface area contributed by atoms with E-state index < -0.39 is 23.3 Å². The third kappa shape index (κ3) is 3.43. The summed E-state index contributed by atoms with van der Waals surface area (Å²) in [5.41, 5.74) is -1.46. The standard InChI is InChI=1S/C14H18F3NO2/c1-4-9(5-2)18(3)10-6-7-11(13(19)20)12(8-10)14(15,16)17/h6-9H,4-5H2,1-3H3,(H,19,20). The average molecular weight is 289 g/mol. The number of anilines is 1. The number of hydrogen-bond donors (Lipinski definition) is 1. The lowest BCUT2D eigenvalue weighted by Gasteiger charge is -2.29. The Labute approximate surface area is 116 Å². The van der Waals surface area contributed by atoms with E-state index in [9.17, 15) is 18.0 Å². The van der Waals surface area contributed by atoms with Gasteiger partial charge in [0.15, 0.2) is 0 Å². The fourth-order valence-electron chi connectivity index (χ4n) is 2.22. The molecule has 0 atom stereocenters. The topological polar surface area (TPSA) is 40.5 Å². The van der Waals surface area contributed by atoms with Gasteiger partial charge in [0, 0.05) is 18.8 Å². The first kappa shape index (κ1) is 16.3. The van der Waals surface area contributed by atoms with Crippen LogP contribution < -0.4 is 4.90 Å². The van der Waals surface area contributed by atoms with Crippen LogP contribution in [0.4, 0.5) is 18.9 Å². The SMILES string of the molecule is CCC(CC)N(C)c1ccc(C(=O)O)c(C(F)(F)F)c1. The third-order valence-corrected chi connectivity index (χ3v) is 3.44. The maximum atomic E-state index is 12.9. The number of nitrogens with zero attached hydrogens (tertiary/aromatic N) is 1. The highest BCUT2D eigenvalue weighted by Gasteiger charge is 2.36. The fourth-order valence-corrected chi connectivity index (χ4v) is 2.22. The normalized spacial score (nSPS) is 11.8. The van der Waals surface area contributed by atoms with E-state index in [1.165, 1.54) is 6.07 Å². The zero-order valence-corrected chi connectivity index (χ0v) is 11.7. The Morgan fingerprint density at radius 1 is 1.30 bits per heavy atom. The van der Waals surface area contributed by atoms with Gasteiger partial charge in [-0.25, -0.2) is 4.79 Å². The average Bonchev–Trinajstić information content (AvgIpc) is 2.38. The van der Waals surface area contributed by atoms with Gasteiger partial charge in [-0.05, 0) is 31.0 Å². The summed E-state index contributed by atoms with van der Waals surface area (Å²) in [6.07, 6.45) is -3.08. The molecular formula is C14H18F3NO2. The molecule has 0 saturated heterocycles. The van der Waals surface area contributed by atoms with E-state index in [0.717, 1.165) is 25.0 Å². The molecule has 1 aromatic rings. The van der Waals surface area contributed by atoms with Crippen molar-refractivity contribution >= 4 is 11.7 Å². The predicted molar refractivity (Wildman–Crippen MR) is 71.2 cm³/mol. The molecule has 0 fully saturated rings. The van der Waals surface area contributed by atoms with Gasteiger partial charge < -0.3 is 10.0 Å².